The summed E-state index contributed by atoms with van der Waals surface area (Å²) in [5.41, 5.74) is -0.0515. The van der Waals surface area contributed by atoms with Crippen molar-refractivity contribution in [1.29, 1.82) is 0 Å². The first-order valence-corrected chi connectivity index (χ1v) is 8.34. The zero-order valence-electron chi connectivity index (χ0n) is 14.0. The zero-order chi connectivity index (χ0) is 20.0. The summed E-state index contributed by atoms with van der Waals surface area (Å²) in [7, 11) is 0. The van der Waals surface area contributed by atoms with Gasteiger partial charge < -0.3 is 14.8 Å². The lowest BCUT2D eigenvalue weighted by atomic mass is 10.2. The number of carbonyl (C=O) groups excluding carboxylic acids is 2. The molecule has 1 amide bonds. The van der Waals surface area contributed by atoms with Gasteiger partial charge in [-0.25, -0.2) is 4.79 Å². The van der Waals surface area contributed by atoms with Crippen molar-refractivity contribution in [3.8, 4) is 5.75 Å². The predicted octanol–water partition coefficient (Wildman–Crippen LogP) is 3.85. The summed E-state index contributed by atoms with van der Waals surface area (Å²) in [5, 5.41) is 13.6. The van der Waals surface area contributed by atoms with Crippen LogP contribution in [0, 0.1) is 10.1 Å². The van der Waals surface area contributed by atoms with Crippen LogP contribution in [0.2, 0.25) is 10.0 Å². The number of carbonyl (C=O) groups is 2. The second-order valence-corrected chi connectivity index (χ2v) is 6.13. The molecule has 142 valence electrons. The van der Waals surface area contributed by atoms with Crippen LogP contribution in [0.1, 0.15) is 6.92 Å². The van der Waals surface area contributed by atoms with Crippen molar-refractivity contribution in [2.75, 3.05) is 11.9 Å². The lowest BCUT2D eigenvalue weighted by molar-refractivity contribution is -0.384. The molecule has 0 aliphatic carbocycles. The normalized spacial score (nSPS) is 11.4. The van der Waals surface area contributed by atoms with E-state index in [1.54, 1.807) is 24.3 Å². The van der Waals surface area contributed by atoms with Crippen molar-refractivity contribution in [2.24, 2.45) is 0 Å². The van der Waals surface area contributed by atoms with Crippen molar-refractivity contribution in [2.45, 2.75) is 13.0 Å². The Morgan fingerprint density at radius 2 is 1.85 bits per heavy atom. The molecule has 0 unspecified atom stereocenters. The van der Waals surface area contributed by atoms with Gasteiger partial charge in [-0.1, -0.05) is 23.2 Å². The van der Waals surface area contributed by atoms with E-state index in [-0.39, 0.29) is 16.4 Å². The number of ether oxygens (including phenoxy) is 2. The van der Waals surface area contributed by atoms with Gasteiger partial charge in [0.15, 0.2) is 12.7 Å². The summed E-state index contributed by atoms with van der Waals surface area (Å²) in [6.07, 6.45) is -1.13. The molecule has 27 heavy (non-hydrogen) atoms. The number of hydrogen-bond donors (Lipinski definition) is 1. The van der Waals surface area contributed by atoms with Crippen molar-refractivity contribution < 1.29 is 24.0 Å². The molecule has 0 saturated carbocycles. The van der Waals surface area contributed by atoms with Crippen LogP contribution in [0.3, 0.4) is 0 Å². The second kappa shape index (κ2) is 9.20. The molecular weight excluding hydrogens is 399 g/mol. The van der Waals surface area contributed by atoms with Gasteiger partial charge >= 0.3 is 5.97 Å². The number of benzene rings is 2. The van der Waals surface area contributed by atoms with Gasteiger partial charge in [-0.2, -0.15) is 0 Å². The average molecular weight is 413 g/mol. The third kappa shape index (κ3) is 6.12. The molecule has 1 N–H and O–H groups in total. The van der Waals surface area contributed by atoms with E-state index in [4.69, 9.17) is 32.7 Å². The first-order valence-electron chi connectivity index (χ1n) is 7.59. The molecule has 0 aromatic heterocycles. The number of hydrogen-bond acceptors (Lipinski definition) is 6. The van der Waals surface area contributed by atoms with Crippen LogP contribution in [0.4, 0.5) is 11.4 Å². The topological polar surface area (TPSA) is 108 Å². The zero-order valence-corrected chi connectivity index (χ0v) is 15.5. The van der Waals surface area contributed by atoms with Gasteiger partial charge in [-0.3, -0.25) is 14.9 Å². The highest BCUT2D eigenvalue weighted by Gasteiger charge is 2.20. The van der Waals surface area contributed by atoms with E-state index in [0.29, 0.717) is 10.8 Å². The van der Waals surface area contributed by atoms with E-state index >= 15 is 0 Å². The maximum absolute atomic E-state index is 12.1. The number of nitro groups is 1. The second-order valence-electron chi connectivity index (χ2n) is 5.29. The predicted molar refractivity (Wildman–Crippen MR) is 99.2 cm³/mol. The van der Waals surface area contributed by atoms with Crippen molar-refractivity contribution >= 4 is 46.5 Å². The molecular formula is C17H14Cl2N2O6. The lowest BCUT2D eigenvalue weighted by Gasteiger charge is -2.14. The molecule has 0 aliphatic heterocycles. The van der Waals surface area contributed by atoms with E-state index in [1.165, 1.54) is 19.1 Å². The highest BCUT2D eigenvalue weighted by molar-refractivity contribution is 6.34. The van der Waals surface area contributed by atoms with E-state index < -0.39 is 29.5 Å². The number of anilines is 1. The lowest BCUT2D eigenvalue weighted by Crippen LogP contribution is -2.31. The van der Waals surface area contributed by atoms with Gasteiger partial charge in [0, 0.05) is 17.2 Å². The number of halogens is 2. The fourth-order valence-corrected chi connectivity index (χ4v) is 2.26. The van der Waals surface area contributed by atoms with Crippen LogP contribution in [0.25, 0.3) is 0 Å². The van der Waals surface area contributed by atoms with E-state index in [2.05, 4.69) is 5.32 Å². The first-order chi connectivity index (χ1) is 12.8. The van der Waals surface area contributed by atoms with Crippen molar-refractivity contribution in [1.82, 2.24) is 0 Å². The molecule has 2 aromatic rings. The number of non-ortho nitro benzene ring substituents is 1. The smallest absolute Gasteiger partial charge is 0.344 e. The molecule has 0 radical (unpaired) electrons. The summed E-state index contributed by atoms with van der Waals surface area (Å²) in [4.78, 5) is 33.9. The highest BCUT2D eigenvalue weighted by atomic mass is 35.5. The molecule has 8 nitrogen and oxygen atoms in total. The van der Waals surface area contributed by atoms with Crippen LogP contribution in [-0.4, -0.2) is 29.5 Å². The molecule has 0 spiro atoms. The largest absolute Gasteiger partial charge is 0.482 e. The number of nitrogens with zero attached hydrogens (tertiary/aromatic N) is 1. The summed E-state index contributed by atoms with van der Waals surface area (Å²) >= 11 is 11.6. The van der Waals surface area contributed by atoms with Gasteiger partial charge in [0.25, 0.3) is 11.6 Å². The monoisotopic (exact) mass is 412 g/mol. The molecule has 0 saturated heterocycles. The number of nitrogens with one attached hydrogen (secondary N) is 1. The van der Waals surface area contributed by atoms with Crippen LogP contribution in [0.5, 0.6) is 5.75 Å². The molecule has 2 aromatic carbocycles. The van der Waals surface area contributed by atoms with E-state index in [1.807, 2.05) is 0 Å². The summed E-state index contributed by atoms with van der Waals surface area (Å²) in [6.45, 7) is 0.979. The van der Waals surface area contributed by atoms with Gasteiger partial charge in [-0.05, 0) is 37.3 Å². The Hall–Kier alpha value is -2.84. The molecule has 1 atom stereocenters. The molecule has 0 heterocycles. The number of amides is 1. The maximum atomic E-state index is 12.1. The third-order valence-electron chi connectivity index (χ3n) is 3.27. The van der Waals surface area contributed by atoms with Gasteiger partial charge in [0.1, 0.15) is 5.75 Å². The Kier molecular flexibility index (Phi) is 6.98. The van der Waals surface area contributed by atoms with Gasteiger partial charge in [0.05, 0.1) is 15.6 Å². The standard InChI is InChI=1S/C17H14Cl2N2O6/c1-10(27-16(22)9-26-13-5-2-11(18)3-6-13)17(23)20-15-7-4-12(21(24)25)8-14(15)19/h2-8,10H,9H2,1H3,(H,20,23)/t10-/m0/s1. The molecule has 0 fully saturated rings. The SMILES string of the molecule is C[C@H](OC(=O)COc1ccc(Cl)cc1)C(=O)Nc1ccc([N+](=O)[O-])cc1Cl. The van der Waals surface area contributed by atoms with Gasteiger partial charge in [0.2, 0.25) is 0 Å². The van der Waals surface area contributed by atoms with Crippen LogP contribution in [0.15, 0.2) is 42.5 Å². The Balaban J connectivity index is 1.86. The third-order valence-corrected chi connectivity index (χ3v) is 3.83. The molecule has 0 aliphatic rings. The van der Waals surface area contributed by atoms with Crippen LogP contribution < -0.4 is 10.1 Å². The Morgan fingerprint density at radius 1 is 1.19 bits per heavy atom. The fourth-order valence-electron chi connectivity index (χ4n) is 1.91. The van der Waals surface area contributed by atoms with Crippen molar-refractivity contribution in [3.05, 3.63) is 62.6 Å². The summed E-state index contributed by atoms with van der Waals surface area (Å²) < 4.78 is 10.2. The average Bonchev–Trinajstić information content (AvgIpc) is 2.62. The van der Waals surface area contributed by atoms with Crippen LogP contribution in [-0.2, 0) is 14.3 Å². The number of nitro benzene ring substituents is 1. The minimum Gasteiger partial charge on any atom is -0.482 e. The maximum Gasteiger partial charge on any atom is 0.344 e. The number of rotatable bonds is 7. The quantitative estimate of drug-likeness (QED) is 0.420. The Morgan fingerprint density at radius 3 is 2.44 bits per heavy atom. The molecule has 0 bridgehead atoms. The van der Waals surface area contributed by atoms with Gasteiger partial charge in [-0.15, -0.1) is 0 Å². The first kappa shape index (κ1) is 20.5. The van der Waals surface area contributed by atoms with Crippen molar-refractivity contribution in [3.63, 3.8) is 0 Å². The van der Waals surface area contributed by atoms with E-state index in [9.17, 15) is 19.7 Å². The fraction of sp³-hybridized carbons (Fsp3) is 0.176. The molecule has 10 heteroatoms. The minimum absolute atomic E-state index is 0.0119. The van der Waals surface area contributed by atoms with Crippen LogP contribution >= 0.6 is 23.2 Å². The summed E-state index contributed by atoms with van der Waals surface area (Å²) in [5.74, 6) is -0.973. The number of esters is 1. The van der Waals surface area contributed by atoms with E-state index in [0.717, 1.165) is 6.07 Å². The highest BCUT2D eigenvalue weighted by Crippen LogP contribution is 2.26. The summed E-state index contributed by atoms with van der Waals surface area (Å²) in [6, 6.07) is 9.96. The Bertz CT molecular complexity index is 857. The Labute approximate surface area is 164 Å². The minimum atomic E-state index is -1.13. The molecule has 2 rings (SSSR count).